The van der Waals surface area contributed by atoms with E-state index in [-0.39, 0.29) is 5.56 Å². The van der Waals surface area contributed by atoms with Crippen molar-refractivity contribution in [1.82, 2.24) is 9.80 Å². The molecule has 0 bridgehead atoms. The second-order valence-corrected chi connectivity index (χ2v) is 8.72. The van der Waals surface area contributed by atoms with Crippen LogP contribution >= 0.6 is 11.6 Å². The molecule has 0 atom stereocenters. The third kappa shape index (κ3) is 6.35. The molecule has 3 aromatic carbocycles. The van der Waals surface area contributed by atoms with Crippen LogP contribution in [0.1, 0.15) is 22.3 Å². The maximum Gasteiger partial charge on any atom is 0.339 e. The SMILES string of the molecule is O=C(O)c1ccccc1OCCCN1CCN(Cc2ccccc2-c2ccc(Cl)cc2)CC1. The van der Waals surface area contributed by atoms with Crippen LogP contribution in [0.5, 0.6) is 5.75 Å². The highest BCUT2D eigenvalue weighted by Crippen LogP contribution is 2.26. The lowest BCUT2D eigenvalue weighted by Gasteiger charge is -2.35. The number of hydrogen-bond donors (Lipinski definition) is 1. The Labute approximate surface area is 200 Å². The number of nitrogens with zero attached hydrogens (tertiary/aromatic N) is 2. The molecule has 172 valence electrons. The summed E-state index contributed by atoms with van der Waals surface area (Å²) < 4.78 is 5.73. The van der Waals surface area contributed by atoms with Crippen molar-refractivity contribution in [1.29, 1.82) is 0 Å². The van der Waals surface area contributed by atoms with E-state index in [1.54, 1.807) is 24.3 Å². The van der Waals surface area contributed by atoms with Crippen molar-refractivity contribution in [2.75, 3.05) is 39.3 Å². The second-order valence-electron chi connectivity index (χ2n) is 8.29. The number of carbonyl (C=O) groups is 1. The summed E-state index contributed by atoms with van der Waals surface area (Å²) in [4.78, 5) is 16.2. The number of rotatable bonds is 9. The highest BCUT2D eigenvalue weighted by molar-refractivity contribution is 6.30. The van der Waals surface area contributed by atoms with Gasteiger partial charge >= 0.3 is 5.97 Å². The number of carboxylic acids is 1. The molecule has 6 heteroatoms. The van der Waals surface area contributed by atoms with E-state index in [0.717, 1.165) is 50.7 Å². The molecule has 0 spiro atoms. The van der Waals surface area contributed by atoms with E-state index in [4.69, 9.17) is 16.3 Å². The zero-order chi connectivity index (χ0) is 23.0. The minimum Gasteiger partial charge on any atom is -0.493 e. The van der Waals surface area contributed by atoms with Crippen LogP contribution in [0.2, 0.25) is 5.02 Å². The predicted octanol–water partition coefficient (Wildman–Crippen LogP) is 5.29. The third-order valence-electron chi connectivity index (χ3n) is 6.03. The first-order valence-corrected chi connectivity index (χ1v) is 11.7. The fraction of sp³-hybridized carbons (Fsp3) is 0.296. The molecule has 1 saturated heterocycles. The number of piperazine rings is 1. The van der Waals surface area contributed by atoms with E-state index < -0.39 is 5.97 Å². The van der Waals surface area contributed by atoms with Crippen molar-refractivity contribution in [2.45, 2.75) is 13.0 Å². The first-order valence-electron chi connectivity index (χ1n) is 11.3. The Balaban J connectivity index is 1.23. The Morgan fingerprint density at radius 2 is 1.55 bits per heavy atom. The lowest BCUT2D eigenvalue weighted by molar-refractivity contribution is 0.0691. The number of aromatic carboxylic acids is 1. The molecule has 1 aliphatic heterocycles. The van der Waals surface area contributed by atoms with Crippen LogP contribution in [-0.2, 0) is 6.54 Å². The molecule has 1 fully saturated rings. The van der Waals surface area contributed by atoms with Crippen molar-refractivity contribution in [2.24, 2.45) is 0 Å². The molecule has 0 aromatic heterocycles. The molecule has 4 rings (SSSR count). The summed E-state index contributed by atoms with van der Waals surface area (Å²) in [5.41, 5.74) is 4.00. The number of para-hydroxylation sites is 1. The summed E-state index contributed by atoms with van der Waals surface area (Å²) in [6, 6.07) is 23.4. The summed E-state index contributed by atoms with van der Waals surface area (Å²) in [7, 11) is 0. The van der Waals surface area contributed by atoms with E-state index >= 15 is 0 Å². The molecule has 0 amide bonds. The van der Waals surface area contributed by atoms with E-state index in [0.29, 0.717) is 12.4 Å². The van der Waals surface area contributed by atoms with E-state index in [1.807, 2.05) is 12.1 Å². The molecule has 0 unspecified atom stereocenters. The fourth-order valence-electron chi connectivity index (χ4n) is 4.22. The Morgan fingerprint density at radius 3 is 2.30 bits per heavy atom. The highest BCUT2D eigenvalue weighted by atomic mass is 35.5. The maximum atomic E-state index is 11.3. The van der Waals surface area contributed by atoms with Gasteiger partial charge in [0.1, 0.15) is 11.3 Å². The average molecular weight is 465 g/mol. The lowest BCUT2D eigenvalue weighted by Crippen LogP contribution is -2.46. The summed E-state index contributed by atoms with van der Waals surface area (Å²) >= 11 is 6.06. The Hall–Kier alpha value is -2.86. The van der Waals surface area contributed by atoms with Gasteiger partial charge in [-0.05, 0) is 47.4 Å². The molecule has 0 saturated carbocycles. The van der Waals surface area contributed by atoms with Gasteiger partial charge in [-0.25, -0.2) is 4.79 Å². The molecule has 0 aliphatic carbocycles. The largest absolute Gasteiger partial charge is 0.493 e. The number of halogens is 1. The molecular weight excluding hydrogens is 436 g/mol. The van der Waals surface area contributed by atoms with Crippen molar-refractivity contribution in [3.63, 3.8) is 0 Å². The second kappa shape index (κ2) is 11.3. The molecule has 0 radical (unpaired) electrons. The van der Waals surface area contributed by atoms with Crippen molar-refractivity contribution >= 4 is 17.6 Å². The van der Waals surface area contributed by atoms with Gasteiger partial charge in [-0.3, -0.25) is 4.90 Å². The molecule has 1 N–H and O–H groups in total. The molecule has 5 nitrogen and oxygen atoms in total. The average Bonchev–Trinajstić information content (AvgIpc) is 2.84. The van der Waals surface area contributed by atoms with E-state index in [2.05, 4.69) is 46.2 Å². The standard InChI is InChI=1S/C27H29ClN2O3/c28-23-12-10-21(11-13-23)24-7-2-1-6-22(24)20-30-17-15-29(16-18-30)14-5-19-33-26-9-4-3-8-25(26)27(31)32/h1-4,6-13H,5,14-20H2,(H,31,32). The van der Waals surface area contributed by atoms with Crippen molar-refractivity contribution in [3.05, 3.63) is 88.9 Å². The zero-order valence-corrected chi connectivity index (χ0v) is 19.4. The number of carboxylic acid groups (broad SMARTS) is 1. The molecular formula is C27H29ClN2O3. The van der Waals surface area contributed by atoms with Crippen LogP contribution in [0, 0.1) is 0 Å². The minimum absolute atomic E-state index is 0.213. The van der Waals surface area contributed by atoms with Gasteiger partial charge in [-0.1, -0.05) is 60.1 Å². The maximum absolute atomic E-state index is 11.3. The zero-order valence-electron chi connectivity index (χ0n) is 18.6. The van der Waals surface area contributed by atoms with Crippen LogP contribution in [0.25, 0.3) is 11.1 Å². The fourth-order valence-corrected chi connectivity index (χ4v) is 4.35. The van der Waals surface area contributed by atoms with Gasteiger partial charge in [-0.15, -0.1) is 0 Å². The molecule has 3 aromatic rings. The summed E-state index contributed by atoms with van der Waals surface area (Å²) in [5.74, 6) is -0.520. The summed E-state index contributed by atoms with van der Waals surface area (Å²) in [5, 5.41) is 10.0. The minimum atomic E-state index is -0.959. The Bertz CT molecular complexity index is 1060. The normalized spacial score (nSPS) is 14.8. The molecule has 1 aliphatic rings. The number of benzene rings is 3. The summed E-state index contributed by atoms with van der Waals surface area (Å²) in [6.45, 7) is 6.49. The van der Waals surface area contributed by atoms with Gasteiger partial charge in [0.15, 0.2) is 0 Å². The van der Waals surface area contributed by atoms with Gasteiger partial charge in [-0.2, -0.15) is 0 Å². The van der Waals surface area contributed by atoms with Crippen LogP contribution < -0.4 is 4.74 Å². The number of hydrogen-bond acceptors (Lipinski definition) is 4. The van der Waals surface area contributed by atoms with Crippen molar-refractivity contribution in [3.8, 4) is 16.9 Å². The first kappa shape index (κ1) is 23.3. The van der Waals surface area contributed by atoms with Gasteiger partial charge < -0.3 is 14.7 Å². The van der Waals surface area contributed by atoms with Gasteiger partial charge in [0, 0.05) is 44.3 Å². The predicted molar refractivity (Wildman–Crippen MR) is 132 cm³/mol. The van der Waals surface area contributed by atoms with E-state index in [9.17, 15) is 9.90 Å². The first-order chi connectivity index (χ1) is 16.1. The van der Waals surface area contributed by atoms with Crippen LogP contribution in [0.15, 0.2) is 72.8 Å². The van der Waals surface area contributed by atoms with Crippen LogP contribution in [0.3, 0.4) is 0 Å². The monoisotopic (exact) mass is 464 g/mol. The lowest BCUT2D eigenvalue weighted by atomic mass is 9.99. The summed E-state index contributed by atoms with van der Waals surface area (Å²) in [6.07, 6.45) is 0.868. The quantitative estimate of drug-likeness (QED) is 0.436. The van der Waals surface area contributed by atoms with Gasteiger partial charge in [0.25, 0.3) is 0 Å². The van der Waals surface area contributed by atoms with Gasteiger partial charge in [0.05, 0.1) is 6.61 Å². The number of ether oxygens (including phenoxy) is 1. The van der Waals surface area contributed by atoms with E-state index in [1.165, 1.54) is 16.7 Å². The van der Waals surface area contributed by atoms with Gasteiger partial charge in [0.2, 0.25) is 0 Å². The molecule has 33 heavy (non-hydrogen) atoms. The molecule has 1 heterocycles. The smallest absolute Gasteiger partial charge is 0.339 e. The highest BCUT2D eigenvalue weighted by Gasteiger charge is 2.18. The third-order valence-corrected chi connectivity index (χ3v) is 6.28. The van der Waals surface area contributed by atoms with Crippen LogP contribution in [0.4, 0.5) is 0 Å². The van der Waals surface area contributed by atoms with Crippen LogP contribution in [-0.4, -0.2) is 60.2 Å². The Kier molecular flexibility index (Phi) is 8.00. The van der Waals surface area contributed by atoms with Crippen molar-refractivity contribution < 1.29 is 14.6 Å². The Morgan fingerprint density at radius 1 is 0.879 bits per heavy atom. The topological polar surface area (TPSA) is 53.0 Å².